The van der Waals surface area contributed by atoms with Gasteiger partial charge in [0.05, 0.1) is 24.1 Å². The van der Waals surface area contributed by atoms with Gasteiger partial charge in [-0.2, -0.15) is 0 Å². The maximum Gasteiger partial charge on any atom is 0.343 e. The number of carbonyl (C=O) groups is 3. The Bertz CT molecular complexity index is 1230. The average molecular weight is 460 g/mol. The van der Waals surface area contributed by atoms with Crippen LogP contribution in [0.25, 0.3) is 6.08 Å². The molecule has 4 rings (SSSR count). The maximum atomic E-state index is 12.9. The number of nitrogens with zero attached hydrogens (tertiary/aromatic N) is 1. The molecule has 0 aromatic heterocycles. The monoisotopic (exact) mass is 459 g/mol. The fourth-order valence-electron chi connectivity index (χ4n) is 3.23. The van der Waals surface area contributed by atoms with Crippen molar-refractivity contribution in [1.82, 2.24) is 4.90 Å². The summed E-state index contributed by atoms with van der Waals surface area (Å²) in [4.78, 5) is 39.5. The van der Waals surface area contributed by atoms with E-state index in [4.69, 9.17) is 9.47 Å². The molecule has 1 aliphatic rings. The van der Waals surface area contributed by atoms with E-state index in [-0.39, 0.29) is 22.6 Å². The van der Waals surface area contributed by atoms with Gasteiger partial charge in [-0.05, 0) is 60.7 Å². The normalized spacial score (nSPS) is 14.6. The summed E-state index contributed by atoms with van der Waals surface area (Å²) in [5.74, 6) is 0.0183. The van der Waals surface area contributed by atoms with Crippen molar-refractivity contribution in [1.29, 1.82) is 0 Å². The molecule has 1 saturated heterocycles. The van der Waals surface area contributed by atoms with Crippen LogP contribution in [0.3, 0.4) is 0 Å². The smallest absolute Gasteiger partial charge is 0.343 e. The number of hydrogen-bond acceptors (Lipinski definition) is 6. The van der Waals surface area contributed by atoms with Crippen molar-refractivity contribution in [2.24, 2.45) is 0 Å². The van der Waals surface area contributed by atoms with E-state index in [2.05, 4.69) is 0 Å². The van der Waals surface area contributed by atoms with Gasteiger partial charge in [0.1, 0.15) is 11.5 Å². The van der Waals surface area contributed by atoms with Gasteiger partial charge < -0.3 is 9.47 Å². The Morgan fingerprint density at radius 2 is 1.67 bits per heavy atom. The van der Waals surface area contributed by atoms with Crippen LogP contribution in [-0.4, -0.2) is 29.1 Å². The zero-order chi connectivity index (χ0) is 23.4. The Labute approximate surface area is 195 Å². The number of hydrogen-bond donors (Lipinski definition) is 0. The van der Waals surface area contributed by atoms with Crippen molar-refractivity contribution in [2.45, 2.75) is 13.5 Å². The second-order valence-electron chi connectivity index (χ2n) is 7.41. The summed E-state index contributed by atoms with van der Waals surface area (Å²) >= 11 is 0.871. The van der Waals surface area contributed by atoms with Crippen molar-refractivity contribution in [2.75, 3.05) is 7.11 Å². The van der Waals surface area contributed by atoms with E-state index in [9.17, 15) is 14.4 Å². The molecule has 3 aromatic carbocycles. The molecule has 0 spiro atoms. The fraction of sp³-hybridized carbons (Fsp3) is 0.115. The van der Waals surface area contributed by atoms with Crippen molar-refractivity contribution >= 4 is 35.0 Å². The highest BCUT2D eigenvalue weighted by Gasteiger charge is 2.35. The standard InChI is InChI=1S/C26H21NO5S/c1-17-7-9-18(10-8-17)16-27-24(28)23(33-26(27)30)15-20-5-3-4-6-22(20)32-25(29)19-11-13-21(31-2)14-12-19/h3-15H,16H2,1-2H3/b23-15-. The molecule has 7 heteroatoms. The summed E-state index contributed by atoms with van der Waals surface area (Å²) in [5.41, 5.74) is 2.87. The van der Waals surface area contributed by atoms with Crippen LogP contribution in [0.4, 0.5) is 4.79 Å². The van der Waals surface area contributed by atoms with Crippen LogP contribution in [-0.2, 0) is 11.3 Å². The third kappa shape index (κ3) is 5.15. The topological polar surface area (TPSA) is 72.9 Å². The molecule has 166 valence electrons. The van der Waals surface area contributed by atoms with Crippen LogP contribution in [0.15, 0.2) is 77.7 Å². The van der Waals surface area contributed by atoms with E-state index >= 15 is 0 Å². The van der Waals surface area contributed by atoms with Crippen molar-refractivity contribution in [3.63, 3.8) is 0 Å². The predicted octanol–water partition coefficient (Wildman–Crippen LogP) is 5.46. The first-order valence-corrected chi connectivity index (χ1v) is 11.0. The minimum atomic E-state index is -0.536. The zero-order valence-corrected chi connectivity index (χ0v) is 18.9. The van der Waals surface area contributed by atoms with Crippen LogP contribution < -0.4 is 9.47 Å². The maximum absolute atomic E-state index is 12.9. The third-order valence-corrected chi connectivity index (χ3v) is 5.98. The highest BCUT2D eigenvalue weighted by Crippen LogP contribution is 2.35. The molecule has 0 unspecified atom stereocenters. The highest BCUT2D eigenvalue weighted by molar-refractivity contribution is 8.18. The van der Waals surface area contributed by atoms with E-state index in [0.717, 1.165) is 22.9 Å². The molecule has 1 aliphatic heterocycles. The zero-order valence-electron chi connectivity index (χ0n) is 18.1. The number of carbonyl (C=O) groups excluding carboxylic acids is 3. The second kappa shape index (κ2) is 9.75. The Morgan fingerprint density at radius 3 is 2.36 bits per heavy atom. The lowest BCUT2D eigenvalue weighted by molar-refractivity contribution is -0.123. The summed E-state index contributed by atoms with van der Waals surface area (Å²) in [6.07, 6.45) is 1.58. The molecule has 33 heavy (non-hydrogen) atoms. The van der Waals surface area contributed by atoms with Crippen molar-refractivity contribution < 1.29 is 23.9 Å². The number of rotatable bonds is 6. The summed E-state index contributed by atoms with van der Waals surface area (Å²) in [5, 5.41) is -0.334. The van der Waals surface area contributed by atoms with Gasteiger partial charge in [-0.25, -0.2) is 4.79 Å². The van der Waals surface area contributed by atoms with E-state index in [1.807, 2.05) is 31.2 Å². The molecule has 0 N–H and O–H groups in total. The predicted molar refractivity (Wildman–Crippen MR) is 127 cm³/mol. The number of amides is 2. The average Bonchev–Trinajstić information content (AvgIpc) is 3.09. The van der Waals surface area contributed by atoms with Crippen LogP contribution in [0.1, 0.15) is 27.0 Å². The third-order valence-electron chi connectivity index (χ3n) is 5.07. The summed E-state index contributed by atoms with van der Waals surface area (Å²) in [7, 11) is 1.55. The molecule has 0 atom stereocenters. The first-order chi connectivity index (χ1) is 15.9. The van der Waals surface area contributed by atoms with Crippen LogP contribution in [0.2, 0.25) is 0 Å². The largest absolute Gasteiger partial charge is 0.497 e. The fourth-order valence-corrected chi connectivity index (χ4v) is 4.06. The quantitative estimate of drug-likeness (QED) is 0.277. The first kappa shape index (κ1) is 22.4. The minimum Gasteiger partial charge on any atom is -0.497 e. The molecule has 1 fully saturated rings. The number of aryl methyl sites for hydroxylation is 1. The van der Waals surface area contributed by atoms with Gasteiger partial charge >= 0.3 is 5.97 Å². The summed E-state index contributed by atoms with van der Waals surface area (Å²) < 4.78 is 10.7. The van der Waals surface area contributed by atoms with Crippen LogP contribution >= 0.6 is 11.8 Å². The molecule has 0 radical (unpaired) electrons. The Balaban J connectivity index is 1.53. The van der Waals surface area contributed by atoms with E-state index in [0.29, 0.717) is 22.6 Å². The molecule has 1 heterocycles. The van der Waals surface area contributed by atoms with Gasteiger partial charge in [0.2, 0.25) is 0 Å². The number of thioether (sulfide) groups is 1. The van der Waals surface area contributed by atoms with Gasteiger partial charge in [-0.15, -0.1) is 0 Å². The number of para-hydroxylation sites is 1. The highest BCUT2D eigenvalue weighted by atomic mass is 32.2. The van der Waals surface area contributed by atoms with Crippen molar-refractivity contribution in [3.05, 3.63) is 100.0 Å². The molecule has 0 saturated carbocycles. The van der Waals surface area contributed by atoms with Gasteiger partial charge in [0, 0.05) is 5.56 Å². The number of ether oxygens (including phenoxy) is 2. The minimum absolute atomic E-state index is 0.205. The molecular formula is C26H21NO5S. The summed E-state index contributed by atoms with van der Waals surface area (Å²) in [6.45, 7) is 2.18. The van der Waals surface area contributed by atoms with E-state index in [1.54, 1.807) is 61.7 Å². The van der Waals surface area contributed by atoms with Gasteiger partial charge in [0.15, 0.2) is 0 Å². The summed E-state index contributed by atoms with van der Waals surface area (Å²) in [6, 6.07) is 21.1. The number of esters is 1. The first-order valence-electron chi connectivity index (χ1n) is 10.2. The molecule has 0 aliphatic carbocycles. The molecule has 0 bridgehead atoms. The lowest BCUT2D eigenvalue weighted by Gasteiger charge is -2.12. The number of benzene rings is 3. The molecular weight excluding hydrogens is 438 g/mol. The lowest BCUT2D eigenvalue weighted by atomic mass is 10.1. The number of methoxy groups -OCH3 is 1. The van der Waals surface area contributed by atoms with E-state index in [1.165, 1.54) is 4.90 Å². The lowest BCUT2D eigenvalue weighted by Crippen LogP contribution is -2.27. The van der Waals surface area contributed by atoms with Gasteiger partial charge in [0.25, 0.3) is 11.1 Å². The van der Waals surface area contributed by atoms with Crippen molar-refractivity contribution in [3.8, 4) is 11.5 Å². The Hall–Kier alpha value is -3.84. The van der Waals surface area contributed by atoms with Crippen LogP contribution in [0.5, 0.6) is 11.5 Å². The SMILES string of the molecule is COc1ccc(C(=O)Oc2ccccc2/C=C2\SC(=O)N(Cc3ccc(C)cc3)C2=O)cc1. The Morgan fingerprint density at radius 1 is 0.970 bits per heavy atom. The molecule has 3 aromatic rings. The van der Waals surface area contributed by atoms with Gasteiger partial charge in [-0.3, -0.25) is 14.5 Å². The Kier molecular flexibility index (Phi) is 6.60. The van der Waals surface area contributed by atoms with Gasteiger partial charge in [-0.1, -0.05) is 48.0 Å². The second-order valence-corrected chi connectivity index (χ2v) is 8.40. The number of imide groups is 1. The molecule has 6 nitrogen and oxygen atoms in total. The van der Waals surface area contributed by atoms with E-state index < -0.39 is 5.97 Å². The van der Waals surface area contributed by atoms with Crippen LogP contribution in [0, 0.1) is 6.92 Å². The molecule has 2 amide bonds.